The number of carbonyl (C=O) groups is 2. The molecule has 2 aromatic heterocycles. The molecule has 0 bridgehead atoms. The van der Waals surface area contributed by atoms with Gasteiger partial charge < -0.3 is 15.9 Å². The first-order valence-electron chi connectivity index (χ1n) is 7.03. The lowest BCUT2D eigenvalue weighted by atomic mass is 10.2. The topological polar surface area (TPSA) is 145 Å². The zero-order valence-electron chi connectivity index (χ0n) is 13.2. The molecule has 0 amide bonds. The van der Waals surface area contributed by atoms with Crippen LogP contribution in [0.2, 0.25) is 0 Å². The van der Waals surface area contributed by atoms with Crippen LogP contribution in [0, 0.1) is 6.92 Å². The monoisotopic (exact) mass is 509 g/mol. The molecule has 2 heterocycles. The third kappa shape index (κ3) is 3.98. The summed E-state index contributed by atoms with van der Waals surface area (Å²) in [6.45, 7) is 0.860. The van der Waals surface area contributed by atoms with E-state index in [4.69, 9.17) is 10.8 Å². The number of nitrogens with two attached hydrogens (primary N) is 1. The van der Waals surface area contributed by atoms with Gasteiger partial charge in [0.25, 0.3) is 5.56 Å². The Morgan fingerprint density at radius 1 is 1.31 bits per heavy atom. The number of carboxylic acid groups (broad SMARTS) is 2. The fraction of sp³-hybridized carbons (Fsp3) is 0.286. The average molecular weight is 511 g/mol. The molecule has 0 unspecified atom stereocenters. The number of thiophene rings is 1. The molecule has 0 saturated carbocycles. The summed E-state index contributed by atoms with van der Waals surface area (Å²) >= 11 is 7.42. The molecular formula is C14H13Br2N3O6S. The number of nitrogens with zero attached hydrogens (tertiary/aromatic N) is 2. The quantitative estimate of drug-likeness (QED) is 0.526. The van der Waals surface area contributed by atoms with E-state index in [0.29, 0.717) is 8.26 Å². The summed E-state index contributed by atoms with van der Waals surface area (Å²) in [4.78, 5) is 47.3. The molecule has 0 aliphatic rings. The van der Waals surface area contributed by atoms with Crippen molar-refractivity contribution in [3.63, 3.8) is 0 Å². The summed E-state index contributed by atoms with van der Waals surface area (Å²) in [6, 6.07) is -1.32. The standard InChI is InChI=1S/C14H13Br2N3O6S/c1-5-2-18(4-7(17)12(21)22)14(25)19(11(5)20)3-6-8(15)10(16)26-9(6)13(23)24/h2,7H,3-4,17H2,1H3,(H,21,22)(H,23,24)/t7-/m0/s1. The first-order valence-corrected chi connectivity index (χ1v) is 9.44. The third-order valence-electron chi connectivity index (χ3n) is 3.53. The molecule has 1 atom stereocenters. The number of hydrogen-bond donors (Lipinski definition) is 3. The Balaban J connectivity index is 2.60. The van der Waals surface area contributed by atoms with E-state index in [-0.39, 0.29) is 29.1 Å². The van der Waals surface area contributed by atoms with Gasteiger partial charge in [0, 0.05) is 21.8 Å². The number of hydrogen-bond acceptors (Lipinski definition) is 6. The predicted molar refractivity (Wildman–Crippen MR) is 101 cm³/mol. The van der Waals surface area contributed by atoms with Crippen LogP contribution in [0.4, 0.5) is 0 Å². The number of aromatic nitrogens is 2. The molecule has 0 aliphatic carbocycles. The number of aryl methyl sites for hydroxylation is 1. The smallest absolute Gasteiger partial charge is 0.346 e. The molecule has 0 aliphatic heterocycles. The lowest BCUT2D eigenvalue weighted by Crippen LogP contribution is -2.45. The van der Waals surface area contributed by atoms with Gasteiger partial charge in [-0.05, 0) is 38.8 Å². The predicted octanol–water partition coefficient (Wildman–Crippen LogP) is 1.06. The van der Waals surface area contributed by atoms with E-state index < -0.39 is 29.2 Å². The Bertz CT molecular complexity index is 1010. The van der Waals surface area contributed by atoms with Crippen molar-refractivity contribution in [2.24, 2.45) is 5.73 Å². The van der Waals surface area contributed by atoms with Gasteiger partial charge in [0.2, 0.25) is 0 Å². The third-order valence-corrected chi connectivity index (χ3v) is 7.09. The van der Waals surface area contributed by atoms with E-state index in [1.807, 2.05) is 0 Å². The van der Waals surface area contributed by atoms with Crippen LogP contribution < -0.4 is 17.0 Å². The average Bonchev–Trinajstić information content (AvgIpc) is 2.84. The zero-order chi connectivity index (χ0) is 19.8. The lowest BCUT2D eigenvalue weighted by molar-refractivity contribution is -0.138. The van der Waals surface area contributed by atoms with Crippen molar-refractivity contribution in [3.8, 4) is 0 Å². The van der Waals surface area contributed by atoms with Crippen molar-refractivity contribution in [2.75, 3.05) is 0 Å². The molecule has 140 valence electrons. The Morgan fingerprint density at radius 3 is 2.46 bits per heavy atom. The highest BCUT2D eigenvalue weighted by molar-refractivity contribution is 9.13. The molecule has 2 aromatic rings. The number of aliphatic carboxylic acids is 1. The van der Waals surface area contributed by atoms with Crippen LogP contribution in [0.25, 0.3) is 0 Å². The molecular weight excluding hydrogens is 498 g/mol. The van der Waals surface area contributed by atoms with Gasteiger partial charge in [-0.15, -0.1) is 11.3 Å². The summed E-state index contributed by atoms with van der Waals surface area (Å²) < 4.78 is 2.83. The van der Waals surface area contributed by atoms with E-state index in [1.165, 1.54) is 13.1 Å². The fourth-order valence-electron chi connectivity index (χ4n) is 2.25. The second kappa shape index (κ2) is 7.86. The van der Waals surface area contributed by atoms with Crippen molar-refractivity contribution in [3.05, 3.63) is 51.3 Å². The number of aromatic carboxylic acids is 1. The summed E-state index contributed by atoms with van der Waals surface area (Å²) in [5.74, 6) is -2.48. The Labute approximate surface area is 166 Å². The van der Waals surface area contributed by atoms with E-state index in [0.717, 1.165) is 20.5 Å². The van der Waals surface area contributed by atoms with E-state index in [2.05, 4.69) is 31.9 Å². The van der Waals surface area contributed by atoms with Gasteiger partial charge in [0.05, 0.1) is 16.9 Å². The van der Waals surface area contributed by atoms with Crippen molar-refractivity contribution >= 4 is 55.1 Å². The normalized spacial score (nSPS) is 12.2. The van der Waals surface area contributed by atoms with Crippen LogP contribution in [0.3, 0.4) is 0 Å². The lowest BCUT2D eigenvalue weighted by Gasteiger charge is -2.14. The fourth-order valence-corrected chi connectivity index (χ4v) is 4.44. The molecule has 0 radical (unpaired) electrons. The first-order chi connectivity index (χ1) is 12.0. The maximum atomic E-state index is 12.6. The van der Waals surface area contributed by atoms with Crippen LogP contribution in [0.5, 0.6) is 0 Å². The number of rotatable bonds is 6. The van der Waals surface area contributed by atoms with Crippen LogP contribution in [0.1, 0.15) is 20.8 Å². The van der Waals surface area contributed by atoms with Crippen molar-refractivity contribution < 1.29 is 19.8 Å². The van der Waals surface area contributed by atoms with Crippen LogP contribution in [-0.2, 0) is 17.9 Å². The molecule has 0 spiro atoms. The minimum Gasteiger partial charge on any atom is -0.480 e. The highest BCUT2D eigenvalue weighted by Crippen LogP contribution is 2.37. The highest BCUT2D eigenvalue weighted by Gasteiger charge is 2.23. The molecule has 9 nitrogen and oxygen atoms in total. The van der Waals surface area contributed by atoms with Crippen LogP contribution in [0.15, 0.2) is 24.0 Å². The largest absolute Gasteiger partial charge is 0.480 e. The maximum absolute atomic E-state index is 12.6. The summed E-state index contributed by atoms with van der Waals surface area (Å²) in [7, 11) is 0. The highest BCUT2D eigenvalue weighted by atomic mass is 79.9. The Hall–Kier alpha value is -1.76. The van der Waals surface area contributed by atoms with Gasteiger partial charge in [0.15, 0.2) is 0 Å². The van der Waals surface area contributed by atoms with Gasteiger partial charge in [0.1, 0.15) is 10.9 Å². The van der Waals surface area contributed by atoms with Gasteiger partial charge in [-0.1, -0.05) is 0 Å². The molecule has 4 N–H and O–H groups in total. The van der Waals surface area contributed by atoms with Gasteiger partial charge >= 0.3 is 17.6 Å². The summed E-state index contributed by atoms with van der Waals surface area (Å²) in [5.41, 5.74) is 4.55. The van der Waals surface area contributed by atoms with E-state index in [9.17, 15) is 24.3 Å². The molecule has 12 heteroatoms. The van der Waals surface area contributed by atoms with Gasteiger partial charge in [-0.3, -0.25) is 18.7 Å². The number of carboxylic acids is 2. The van der Waals surface area contributed by atoms with Gasteiger partial charge in [-0.25, -0.2) is 9.59 Å². The molecule has 2 rings (SSSR count). The Kier molecular flexibility index (Phi) is 6.21. The van der Waals surface area contributed by atoms with Crippen molar-refractivity contribution in [1.82, 2.24) is 9.13 Å². The summed E-state index contributed by atoms with van der Waals surface area (Å²) in [6.07, 6.45) is 1.24. The molecule has 0 aromatic carbocycles. The van der Waals surface area contributed by atoms with E-state index in [1.54, 1.807) is 0 Å². The van der Waals surface area contributed by atoms with Crippen LogP contribution in [-0.4, -0.2) is 37.3 Å². The maximum Gasteiger partial charge on any atom is 0.346 e. The second-order valence-electron chi connectivity index (χ2n) is 5.39. The van der Waals surface area contributed by atoms with E-state index >= 15 is 0 Å². The second-order valence-corrected chi connectivity index (χ2v) is 8.52. The first kappa shape index (κ1) is 20.6. The molecule has 0 saturated heterocycles. The SMILES string of the molecule is Cc1cn(C[C@H](N)C(=O)O)c(=O)n(Cc2c(C(=O)O)sc(Br)c2Br)c1=O. The number of halogens is 2. The van der Waals surface area contributed by atoms with Gasteiger partial charge in [-0.2, -0.15) is 0 Å². The molecule has 0 fully saturated rings. The summed E-state index contributed by atoms with van der Waals surface area (Å²) in [5, 5.41) is 18.2. The van der Waals surface area contributed by atoms with Crippen molar-refractivity contribution in [1.29, 1.82) is 0 Å². The van der Waals surface area contributed by atoms with Crippen LogP contribution >= 0.6 is 43.2 Å². The minimum atomic E-state index is -1.32. The van der Waals surface area contributed by atoms with Crippen molar-refractivity contribution in [2.45, 2.75) is 26.1 Å². The Morgan fingerprint density at radius 2 is 1.92 bits per heavy atom. The molecule has 26 heavy (non-hydrogen) atoms. The minimum absolute atomic E-state index is 0.0228. The zero-order valence-corrected chi connectivity index (χ0v) is 17.2.